The maximum absolute atomic E-state index is 9.53. The third-order valence-electron chi connectivity index (χ3n) is 4.65. The first-order valence-corrected chi connectivity index (χ1v) is 9.64. The predicted octanol–water partition coefficient (Wildman–Crippen LogP) is 4.84. The molecule has 1 unspecified atom stereocenters. The van der Waals surface area contributed by atoms with E-state index in [4.69, 9.17) is 11.1 Å². The molecule has 6 heteroatoms. The minimum atomic E-state index is -0.0186. The van der Waals surface area contributed by atoms with Gasteiger partial charge >= 0.3 is 0 Å². The van der Waals surface area contributed by atoms with E-state index in [9.17, 15) is 5.11 Å². The zero-order valence-electron chi connectivity index (χ0n) is 17.2. The van der Waals surface area contributed by atoms with Crippen LogP contribution in [-0.4, -0.2) is 26.8 Å². The number of nitrogens with zero attached hydrogens (tertiary/aromatic N) is 2. The molecule has 0 spiro atoms. The van der Waals surface area contributed by atoms with E-state index in [2.05, 4.69) is 34.9 Å². The van der Waals surface area contributed by atoms with Crippen LogP contribution in [0.1, 0.15) is 44.7 Å². The Labute approximate surface area is 172 Å². The highest BCUT2D eigenvalue weighted by Crippen LogP contribution is 2.26. The fourth-order valence-corrected chi connectivity index (χ4v) is 3.11. The third-order valence-corrected chi connectivity index (χ3v) is 4.65. The van der Waals surface area contributed by atoms with Crippen LogP contribution in [0.15, 0.2) is 66.5 Å². The van der Waals surface area contributed by atoms with E-state index in [0.29, 0.717) is 16.9 Å². The molecule has 0 aliphatic heterocycles. The van der Waals surface area contributed by atoms with Gasteiger partial charge in [0.15, 0.2) is 0 Å². The Bertz CT molecular complexity index is 929. The Morgan fingerprint density at radius 1 is 1.31 bits per heavy atom. The van der Waals surface area contributed by atoms with Gasteiger partial charge < -0.3 is 16.2 Å². The van der Waals surface area contributed by atoms with Crippen molar-refractivity contribution < 1.29 is 5.11 Å². The molecule has 1 aromatic heterocycles. The van der Waals surface area contributed by atoms with Gasteiger partial charge in [-0.1, -0.05) is 38.2 Å². The normalized spacial score (nSPS) is 13.1. The number of nitrogens with two attached hydrogens (primary N) is 1. The zero-order chi connectivity index (χ0) is 21.4. The Kier molecular flexibility index (Phi) is 7.71. The van der Waals surface area contributed by atoms with Gasteiger partial charge in [-0.25, -0.2) is 9.97 Å². The number of aromatic hydroxyl groups is 1. The third kappa shape index (κ3) is 5.31. The van der Waals surface area contributed by atoms with E-state index in [1.54, 1.807) is 12.1 Å². The highest BCUT2D eigenvalue weighted by molar-refractivity contribution is 6.16. The number of anilines is 2. The van der Waals surface area contributed by atoms with E-state index < -0.39 is 0 Å². The second kappa shape index (κ2) is 10.2. The molecule has 0 fully saturated rings. The van der Waals surface area contributed by atoms with Gasteiger partial charge in [0, 0.05) is 5.56 Å². The average Bonchev–Trinajstić information content (AvgIpc) is 2.71. The Morgan fingerprint density at radius 2 is 2.00 bits per heavy atom. The van der Waals surface area contributed by atoms with Crippen LogP contribution in [0.3, 0.4) is 0 Å². The van der Waals surface area contributed by atoms with Crippen molar-refractivity contribution in [3.8, 4) is 5.75 Å². The largest absolute Gasteiger partial charge is 0.508 e. The van der Waals surface area contributed by atoms with Gasteiger partial charge in [0.2, 0.25) is 0 Å². The monoisotopic (exact) mass is 391 g/mol. The molecule has 0 radical (unpaired) electrons. The molecule has 6 nitrogen and oxygen atoms in total. The summed E-state index contributed by atoms with van der Waals surface area (Å²) in [5.74, 6) is 0.877. The lowest BCUT2D eigenvalue weighted by Gasteiger charge is -2.24. The van der Waals surface area contributed by atoms with Gasteiger partial charge in [-0.15, -0.1) is 0 Å². The van der Waals surface area contributed by atoms with Crippen molar-refractivity contribution in [1.82, 2.24) is 9.97 Å². The van der Waals surface area contributed by atoms with Crippen LogP contribution in [0, 0.1) is 5.41 Å². The summed E-state index contributed by atoms with van der Waals surface area (Å²) in [7, 11) is 0. The van der Waals surface area contributed by atoms with E-state index >= 15 is 0 Å². The second-order valence-electron chi connectivity index (χ2n) is 6.73. The number of benzene rings is 1. The summed E-state index contributed by atoms with van der Waals surface area (Å²) < 4.78 is 0. The molecule has 1 heterocycles. The van der Waals surface area contributed by atoms with E-state index in [1.165, 1.54) is 18.5 Å². The second-order valence-corrected chi connectivity index (χ2v) is 6.73. The van der Waals surface area contributed by atoms with Crippen molar-refractivity contribution in [3.63, 3.8) is 0 Å². The van der Waals surface area contributed by atoms with Crippen molar-refractivity contribution in [1.29, 1.82) is 5.41 Å². The lowest BCUT2D eigenvalue weighted by atomic mass is 9.96. The average molecular weight is 392 g/mol. The van der Waals surface area contributed by atoms with E-state index in [-0.39, 0.29) is 23.3 Å². The minimum absolute atomic E-state index is 0.0186. The highest BCUT2D eigenvalue weighted by atomic mass is 16.3. The number of hydrogen-bond acceptors (Lipinski definition) is 6. The summed E-state index contributed by atoms with van der Waals surface area (Å²) in [5.41, 5.74) is 9.58. The minimum Gasteiger partial charge on any atom is -0.508 e. The molecular weight excluding hydrogens is 362 g/mol. The van der Waals surface area contributed by atoms with Crippen LogP contribution in [0.5, 0.6) is 5.75 Å². The quantitative estimate of drug-likeness (QED) is 0.361. The zero-order valence-corrected chi connectivity index (χ0v) is 17.2. The fourth-order valence-electron chi connectivity index (χ4n) is 3.11. The van der Waals surface area contributed by atoms with E-state index in [0.717, 1.165) is 24.0 Å². The molecule has 152 valence electrons. The van der Waals surface area contributed by atoms with Gasteiger partial charge in [0.05, 0.1) is 17.3 Å². The molecule has 0 aliphatic rings. The number of rotatable bonds is 9. The first-order valence-electron chi connectivity index (χ1n) is 9.64. The Morgan fingerprint density at radius 3 is 2.59 bits per heavy atom. The number of nitrogens with one attached hydrogen (secondary N) is 2. The molecule has 0 saturated carbocycles. The van der Waals surface area contributed by atoms with Gasteiger partial charge in [-0.2, -0.15) is 0 Å². The Hall–Kier alpha value is -3.41. The van der Waals surface area contributed by atoms with Crippen molar-refractivity contribution in [2.75, 3.05) is 11.1 Å². The number of phenols is 1. The first-order chi connectivity index (χ1) is 13.9. The molecule has 29 heavy (non-hydrogen) atoms. The first kappa shape index (κ1) is 21.9. The summed E-state index contributed by atoms with van der Waals surface area (Å²) in [6, 6.07) is 6.40. The van der Waals surface area contributed by atoms with Crippen LogP contribution >= 0.6 is 0 Å². The van der Waals surface area contributed by atoms with Crippen LogP contribution in [0.2, 0.25) is 0 Å². The predicted molar refractivity (Wildman–Crippen MR) is 121 cm³/mol. The molecule has 2 rings (SSSR count). The Balaban J connectivity index is 2.51. The molecular formula is C23H29N5O. The molecule has 1 aromatic carbocycles. The molecule has 0 saturated heterocycles. The molecule has 0 aliphatic carbocycles. The maximum atomic E-state index is 9.53. The van der Waals surface area contributed by atoms with Crippen LogP contribution in [-0.2, 0) is 0 Å². The number of allylic oxidation sites excluding steroid dienone is 3. The lowest BCUT2D eigenvalue weighted by Crippen LogP contribution is -2.25. The molecule has 2 aromatic rings. The topological polar surface area (TPSA) is 108 Å². The number of phenolic OH excluding ortho intramolecular Hbond substituents is 1. The van der Waals surface area contributed by atoms with Crippen molar-refractivity contribution in [3.05, 3.63) is 77.7 Å². The molecule has 0 amide bonds. The smallest absolute Gasteiger partial charge is 0.141 e. The van der Waals surface area contributed by atoms with Gasteiger partial charge in [-0.05, 0) is 55.7 Å². The van der Waals surface area contributed by atoms with Crippen molar-refractivity contribution in [2.24, 2.45) is 0 Å². The summed E-state index contributed by atoms with van der Waals surface area (Å²) in [4.78, 5) is 8.47. The lowest BCUT2D eigenvalue weighted by molar-refractivity contribution is 0.475. The van der Waals surface area contributed by atoms with E-state index in [1.807, 2.05) is 26.0 Å². The van der Waals surface area contributed by atoms with Gasteiger partial charge in [0.1, 0.15) is 23.7 Å². The number of nitrogen functional groups attached to an aromatic ring is 1. The summed E-state index contributed by atoms with van der Waals surface area (Å²) in [6.45, 7) is 10.0. The van der Waals surface area contributed by atoms with Gasteiger partial charge in [-0.3, -0.25) is 5.41 Å². The van der Waals surface area contributed by atoms with Gasteiger partial charge in [0.25, 0.3) is 0 Å². The van der Waals surface area contributed by atoms with Crippen LogP contribution < -0.4 is 11.1 Å². The number of aromatic nitrogens is 2. The standard InChI is InChI=1S/C23H29N5O/c1-5-8-18(15(4)7-3)19(9-6-2)28-23-20(22(25)26-14-27-23)21(24)16-10-12-17(29)13-11-16/h5,7-8,10-14,19,24,29H,3,6,9H2,1-2,4H3,(H3,25,26,27,28)/b8-5-,18-15+,24-21?. The maximum Gasteiger partial charge on any atom is 0.141 e. The SMILES string of the molecule is C=C/C(C)=C(\C=C/C)C(CCC)Nc1ncnc(N)c1C(=N)c1ccc(O)cc1. The summed E-state index contributed by atoms with van der Waals surface area (Å²) in [6.07, 6.45) is 9.15. The summed E-state index contributed by atoms with van der Waals surface area (Å²) in [5, 5.41) is 21.7. The molecule has 0 bridgehead atoms. The van der Waals surface area contributed by atoms with Crippen LogP contribution in [0.25, 0.3) is 0 Å². The molecule has 1 atom stereocenters. The summed E-state index contributed by atoms with van der Waals surface area (Å²) >= 11 is 0. The molecule has 5 N–H and O–H groups in total. The van der Waals surface area contributed by atoms with Crippen molar-refractivity contribution in [2.45, 2.75) is 39.7 Å². The highest BCUT2D eigenvalue weighted by Gasteiger charge is 2.20. The van der Waals surface area contributed by atoms with Crippen LogP contribution in [0.4, 0.5) is 11.6 Å². The number of hydrogen-bond donors (Lipinski definition) is 4. The fraction of sp³-hybridized carbons (Fsp3) is 0.261. The van der Waals surface area contributed by atoms with Crippen molar-refractivity contribution >= 4 is 17.3 Å².